The molecule has 0 N–H and O–H groups in total. The van der Waals surface area contributed by atoms with Gasteiger partial charge in [-0.1, -0.05) is 108 Å². The molecule has 0 saturated heterocycles. The summed E-state index contributed by atoms with van der Waals surface area (Å²) in [5.74, 6) is 2.49. The molecule has 6 heteroatoms. The Labute approximate surface area is 214 Å². The Morgan fingerprint density at radius 2 is 1.08 bits per heavy atom. The molecule has 0 saturated carbocycles. The Morgan fingerprint density at radius 1 is 0.639 bits per heavy atom. The second-order valence-electron chi connectivity index (χ2n) is 12.6. The SMILES string of the molecule is CC1(C)COC2=[N+]1[B-]1(c3ccccc3)C[C@H](c3ccccc3)[B-]2(c2ccccc2)C2=[N+]1C(C)(C)CO2. The minimum atomic E-state index is -1.50. The highest BCUT2D eigenvalue weighted by molar-refractivity contribution is 7.33. The minimum Gasteiger partial charge on any atom is -0.478 e. The van der Waals surface area contributed by atoms with Crippen molar-refractivity contribution in [3.8, 4) is 0 Å². The summed E-state index contributed by atoms with van der Waals surface area (Å²) < 4.78 is 19.2. The summed E-state index contributed by atoms with van der Waals surface area (Å²) in [6.45, 7) is 10.8. The van der Waals surface area contributed by atoms with Gasteiger partial charge < -0.3 is 18.4 Å². The molecule has 3 aromatic carbocycles. The maximum atomic E-state index is 6.90. The summed E-state index contributed by atoms with van der Waals surface area (Å²) in [5, 5.41) is 0. The third kappa shape index (κ3) is 2.52. The van der Waals surface area contributed by atoms with Gasteiger partial charge in [-0.25, -0.2) is 0 Å². The number of benzene rings is 3. The summed E-state index contributed by atoms with van der Waals surface area (Å²) in [7, 11) is 0. The van der Waals surface area contributed by atoms with Gasteiger partial charge >= 0.3 is 12.6 Å². The van der Waals surface area contributed by atoms with E-state index < -0.39 is 12.6 Å². The molecule has 182 valence electrons. The van der Waals surface area contributed by atoms with Gasteiger partial charge in [0, 0.05) is 0 Å². The lowest BCUT2D eigenvalue weighted by Crippen LogP contribution is -2.87. The average Bonchev–Trinajstić information content (AvgIpc) is 3.43. The standard InChI is InChI=1S/C30H34B2N2O2/c1-29(2)21-35-27-32(25-18-12-7-13-19-25)26(23-14-8-5-9-15-23)20-31(33(27)29,24-16-10-6-11-17-24)34-28(32)36-22-30(34,3)4/h5-19,26H,20-22H2,1-4H3/t26-,31?,32?/m1/s1. The van der Waals surface area contributed by atoms with Crippen molar-refractivity contribution in [3.63, 3.8) is 0 Å². The molecule has 8 rings (SSSR count). The third-order valence-electron chi connectivity index (χ3n) is 9.63. The van der Waals surface area contributed by atoms with E-state index in [1.807, 2.05) is 0 Å². The zero-order chi connectivity index (χ0) is 24.8. The van der Waals surface area contributed by atoms with Crippen molar-refractivity contribution in [1.82, 2.24) is 0 Å². The van der Waals surface area contributed by atoms with Crippen molar-refractivity contribution >= 4 is 35.1 Å². The van der Waals surface area contributed by atoms with E-state index in [1.165, 1.54) is 16.5 Å². The largest absolute Gasteiger partial charge is 0.562 e. The first kappa shape index (κ1) is 22.0. The van der Waals surface area contributed by atoms with Crippen LogP contribution in [0.25, 0.3) is 0 Å². The molecule has 0 aliphatic carbocycles. The highest BCUT2D eigenvalue weighted by Gasteiger charge is 2.78. The Kier molecular flexibility index (Phi) is 4.36. The number of fused-ring (bicyclic) bond motifs is 1. The van der Waals surface area contributed by atoms with E-state index in [1.54, 1.807) is 0 Å². The van der Waals surface area contributed by atoms with Gasteiger partial charge in [0.15, 0.2) is 0 Å². The van der Waals surface area contributed by atoms with Crippen LogP contribution in [-0.2, 0) is 9.47 Å². The Bertz CT molecular complexity index is 1370. The van der Waals surface area contributed by atoms with Crippen LogP contribution < -0.4 is 10.9 Å². The molecule has 3 aromatic rings. The predicted molar refractivity (Wildman–Crippen MR) is 148 cm³/mol. The van der Waals surface area contributed by atoms with E-state index >= 15 is 0 Å². The topological polar surface area (TPSA) is 24.5 Å². The van der Waals surface area contributed by atoms with Gasteiger partial charge in [-0.3, -0.25) is 0 Å². The highest BCUT2D eigenvalue weighted by Crippen LogP contribution is 2.51. The molecule has 0 unspecified atom stereocenters. The second kappa shape index (κ2) is 7.15. The smallest absolute Gasteiger partial charge is 0.478 e. The fourth-order valence-electron chi connectivity index (χ4n) is 8.58. The molecule has 0 fully saturated rings. The van der Waals surface area contributed by atoms with Gasteiger partial charge in [0.1, 0.15) is 35.9 Å². The zero-order valence-electron chi connectivity index (χ0n) is 21.7. The Morgan fingerprint density at radius 3 is 1.58 bits per heavy atom. The van der Waals surface area contributed by atoms with Crippen molar-refractivity contribution < 1.29 is 18.4 Å². The maximum Gasteiger partial charge on any atom is 0.562 e. The molecule has 0 amide bonds. The predicted octanol–water partition coefficient (Wildman–Crippen LogP) is 3.56. The van der Waals surface area contributed by atoms with Gasteiger partial charge in [0.2, 0.25) is 0 Å². The number of hydrogen-bond donors (Lipinski definition) is 0. The fourth-order valence-corrected chi connectivity index (χ4v) is 8.58. The number of hydrogen-bond acceptors (Lipinski definition) is 2. The molecule has 2 bridgehead atoms. The van der Waals surface area contributed by atoms with Crippen molar-refractivity contribution in [3.05, 3.63) is 96.6 Å². The average molecular weight is 476 g/mol. The third-order valence-corrected chi connectivity index (χ3v) is 9.63. The van der Waals surface area contributed by atoms with Gasteiger partial charge in [0.05, 0.1) is 0 Å². The van der Waals surface area contributed by atoms with Crippen LogP contribution in [-0.4, -0.2) is 57.4 Å². The number of ether oxygens (including phenoxy) is 2. The number of nitrogens with zero attached hydrogens (tertiary/aromatic N) is 2. The lowest BCUT2D eigenvalue weighted by Gasteiger charge is -2.58. The fraction of sp³-hybridized carbons (Fsp3) is 0.333. The summed E-state index contributed by atoms with van der Waals surface area (Å²) in [5.41, 5.74) is 3.75. The van der Waals surface area contributed by atoms with Crippen LogP contribution in [0.1, 0.15) is 39.1 Å². The van der Waals surface area contributed by atoms with E-state index in [-0.39, 0.29) is 16.9 Å². The molecule has 5 heterocycles. The molecule has 5 aliphatic rings. The van der Waals surface area contributed by atoms with Gasteiger partial charge in [-0.2, -0.15) is 5.46 Å². The molecule has 0 radical (unpaired) electrons. The van der Waals surface area contributed by atoms with Crippen LogP contribution in [0, 0.1) is 0 Å². The van der Waals surface area contributed by atoms with Crippen molar-refractivity contribution in [2.24, 2.45) is 0 Å². The molecule has 0 spiro atoms. The van der Waals surface area contributed by atoms with Crippen LogP contribution >= 0.6 is 0 Å². The van der Waals surface area contributed by atoms with Gasteiger partial charge in [-0.15, -0.1) is 5.82 Å². The first-order chi connectivity index (χ1) is 17.3. The van der Waals surface area contributed by atoms with Crippen LogP contribution in [0.5, 0.6) is 0 Å². The monoisotopic (exact) mass is 476 g/mol. The molecule has 5 aliphatic heterocycles. The van der Waals surface area contributed by atoms with Crippen molar-refractivity contribution in [2.75, 3.05) is 13.2 Å². The Balaban J connectivity index is 1.68. The van der Waals surface area contributed by atoms with Crippen LogP contribution in [0.2, 0.25) is 6.32 Å². The lowest BCUT2D eigenvalue weighted by atomic mass is 9.06. The molecule has 0 aromatic heterocycles. The molecule has 36 heavy (non-hydrogen) atoms. The van der Waals surface area contributed by atoms with Crippen LogP contribution in [0.3, 0.4) is 0 Å². The van der Waals surface area contributed by atoms with Gasteiger partial charge in [0.25, 0.3) is 0 Å². The van der Waals surface area contributed by atoms with E-state index in [4.69, 9.17) is 9.47 Å². The molecule has 1 atom stereocenters. The second-order valence-corrected chi connectivity index (χ2v) is 12.6. The number of rotatable bonds is 3. The summed E-state index contributed by atoms with van der Waals surface area (Å²) >= 11 is 0. The van der Waals surface area contributed by atoms with Gasteiger partial charge in [-0.05, 0) is 27.7 Å². The van der Waals surface area contributed by atoms with Crippen molar-refractivity contribution in [2.45, 2.75) is 50.9 Å². The Hall–Kier alpha value is -3.27. The van der Waals surface area contributed by atoms with E-state index in [2.05, 4.69) is 128 Å². The van der Waals surface area contributed by atoms with Crippen LogP contribution in [0.4, 0.5) is 0 Å². The lowest BCUT2D eigenvalue weighted by molar-refractivity contribution is -0.600. The summed E-state index contributed by atoms with van der Waals surface area (Å²) in [6, 6.07) is 33.3. The first-order valence-electron chi connectivity index (χ1n) is 13.4. The van der Waals surface area contributed by atoms with Crippen molar-refractivity contribution in [1.29, 1.82) is 0 Å². The summed E-state index contributed by atoms with van der Waals surface area (Å²) in [6.07, 6.45) is -1.86. The minimum absolute atomic E-state index is 0.140. The van der Waals surface area contributed by atoms with E-state index in [9.17, 15) is 0 Å². The van der Waals surface area contributed by atoms with E-state index in [0.717, 1.165) is 17.9 Å². The van der Waals surface area contributed by atoms with Crippen LogP contribution in [0.15, 0.2) is 91.0 Å². The van der Waals surface area contributed by atoms with E-state index in [0.29, 0.717) is 13.2 Å². The quantitative estimate of drug-likeness (QED) is 0.541. The molecule has 4 nitrogen and oxygen atoms in total. The zero-order valence-corrected chi connectivity index (χ0v) is 21.7. The molecular weight excluding hydrogens is 442 g/mol. The molecular formula is C30H34B2N2O2. The highest BCUT2D eigenvalue weighted by atomic mass is 16.5. The maximum absolute atomic E-state index is 6.90. The normalized spacial score (nSPS) is 31.1. The first-order valence-corrected chi connectivity index (χ1v) is 13.4. The summed E-state index contributed by atoms with van der Waals surface area (Å²) in [4.78, 5) is 0.